The lowest BCUT2D eigenvalue weighted by molar-refractivity contribution is -0.139. The maximum Gasteiger partial charge on any atom is 0.338 e. The molecule has 0 saturated carbocycles. The summed E-state index contributed by atoms with van der Waals surface area (Å²) in [6.45, 7) is 3.00. The number of hydrogen-bond acceptors (Lipinski definition) is 6. The molecular formula is C22H20FN3O6. The van der Waals surface area contributed by atoms with Crippen LogP contribution in [0.5, 0.6) is 0 Å². The summed E-state index contributed by atoms with van der Waals surface area (Å²) in [4.78, 5) is 62.8. The van der Waals surface area contributed by atoms with Crippen molar-refractivity contribution in [2.45, 2.75) is 26.3 Å². The molecule has 10 heteroatoms. The average molecular weight is 441 g/mol. The number of ether oxygens (including phenoxy) is 1. The van der Waals surface area contributed by atoms with Gasteiger partial charge in [0.05, 0.1) is 24.3 Å². The first-order valence-electron chi connectivity index (χ1n) is 9.73. The number of nitrogens with zero attached hydrogens (tertiary/aromatic N) is 2. The van der Waals surface area contributed by atoms with Gasteiger partial charge in [-0.25, -0.2) is 19.1 Å². The summed E-state index contributed by atoms with van der Waals surface area (Å²) in [6.07, 6.45) is -0.360. The largest absolute Gasteiger partial charge is 0.462 e. The Morgan fingerprint density at radius 1 is 1.12 bits per heavy atom. The summed E-state index contributed by atoms with van der Waals surface area (Å²) in [5.74, 6) is -3.99. The number of rotatable bonds is 5. The molecule has 2 aromatic carbocycles. The van der Waals surface area contributed by atoms with Crippen molar-refractivity contribution in [3.8, 4) is 0 Å². The summed E-state index contributed by atoms with van der Waals surface area (Å²) >= 11 is 0. The van der Waals surface area contributed by atoms with E-state index in [1.54, 1.807) is 6.92 Å². The van der Waals surface area contributed by atoms with Crippen LogP contribution in [0.25, 0.3) is 0 Å². The van der Waals surface area contributed by atoms with E-state index in [1.165, 1.54) is 36.4 Å². The molecule has 0 aromatic heterocycles. The number of carbonyl (C=O) groups is 5. The van der Waals surface area contributed by atoms with Crippen molar-refractivity contribution in [1.29, 1.82) is 0 Å². The van der Waals surface area contributed by atoms with E-state index in [0.29, 0.717) is 0 Å². The first-order chi connectivity index (χ1) is 15.2. The highest BCUT2D eigenvalue weighted by atomic mass is 19.1. The number of imide groups is 1. The van der Waals surface area contributed by atoms with Crippen LogP contribution in [0.15, 0.2) is 48.5 Å². The van der Waals surface area contributed by atoms with Crippen LogP contribution in [-0.2, 0) is 19.1 Å². The highest BCUT2D eigenvalue weighted by Crippen LogP contribution is 2.26. The Balaban J connectivity index is 1.80. The van der Waals surface area contributed by atoms with Crippen molar-refractivity contribution >= 4 is 35.3 Å². The quantitative estimate of drug-likeness (QED) is 0.430. The van der Waals surface area contributed by atoms with E-state index in [0.717, 1.165) is 29.0 Å². The maximum atomic E-state index is 13.4. The Bertz CT molecular complexity index is 1090. The van der Waals surface area contributed by atoms with E-state index in [2.05, 4.69) is 5.43 Å². The van der Waals surface area contributed by atoms with Gasteiger partial charge in [-0.3, -0.25) is 24.6 Å². The van der Waals surface area contributed by atoms with Crippen LogP contribution in [0, 0.1) is 5.82 Å². The molecule has 1 N–H and O–H groups in total. The van der Waals surface area contributed by atoms with E-state index in [9.17, 15) is 28.4 Å². The SMILES string of the molecule is CCOC(=O)c1ccc(N2C(=O)CC(N(NC(=O)c3cccc(F)c3)C(C)=O)C2=O)cc1. The smallest absolute Gasteiger partial charge is 0.338 e. The number of hydrazine groups is 1. The molecule has 0 bridgehead atoms. The molecule has 0 spiro atoms. The molecule has 166 valence electrons. The molecule has 1 unspecified atom stereocenters. The molecule has 2 aromatic rings. The Labute approximate surface area is 182 Å². The second-order valence-electron chi connectivity index (χ2n) is 6.89. The zero-order chi connectivity index (χ0) is 23.4. The number of carbonyl (C=O) groups excluding carboxylic acids is 5. The highest BCUT2D eigenvalue weighted by Gasteiger charge is 2.44. The second-order valence-corrected chi connectivity index (χ2v) is 6.89. The summed E-state index contributed by atoms with van der Waals surface area (Å²) in [7, 11) is 0. The number of benzene rings is 2. The fraction of sp³-hybridized carbons (Fsp3) is 0.227. The van der Waals surface area contributed by atoms with Gasteiger partial charge < -0.3 is 4.74 Å². The summed E-state index contributed by atoms with van der Waals surface area (Å²) < 4.78 is 18.3. The third-order valence-corrected chi connectivity index (χ3v) is 4.72. The topological polar surface area (TPSA) is 113 Å². The zero-order valence-corrected chi connectivity index (χ0v) is 17.3. The van der Waals surface area contributed by atoms with E-state index >= 15 is 0 Å². The summed E-state index contributed by atoms with van der Waals surface area (Å²) in [5, 5.41) is 0.764. The van der Waals surface area contributed by atoms with Crippen molar-refractivity contribution in [3.05, 3.63) is 65.5 Å². The molecule has 1 atom stereocenters. The third kappa shape index (κ3) is 4.64. The fourth-order valence-electron chi connectivity index (χ4n) is 3.23. The maximum absolute atomic E-state index is 13.4. The van der Waals surface area contributed by atoms with Gasteiger partial charge in [-0.05, 0) is 49.4 Å². The van der Waals surface area contributed by atoms with Crippen molar-refractivity contribution in [3.63, 3.8) is 0 Å². The molecule has 3 rings (SSSR count). The van der Waals surface area contributed by atoms with Crippen LogP contribution in [0.1, 0.15) is 41.0 Å². The van der Waals surface area contributed by atoms with Gasteiger partial charge in [-0.1, -0.05) is 6.07 Å². The lowest BCUT2D eigenvalue weighted by atomic mass is 10.2. The second kappa shape index (κ2) is 9.38. The molecular weight excluding hydrogens is 421 g/mol. The van der Waals surface area contributed by atoms with Gasteiger partial charge in [0.2, 0.25) is 11.8 Å². The lowest BCUT2D eigenvalue weighted by Crippen LogP contribution is -2.54. The first-order valence-corrected chi connectivity index (χ1v) is 9.73. The number of halogens is 1. The van der Waals surface area contributed by atoms with Crippen LogP contribution >= 0.6 is 0 Å². The van der Waals surface area contributed by atoms with E-state index in [-0.39, 0.29) is 29.8 Å². The molecule has 0 radical (unpaired) electrons. The van der Waals surface area contributed by atoms with Gasteiger partial charge in [0.1, 0.15) is 11.9 Å². The molecule has 1 aliphatic heterocycles. The highest BCUT2D eigenvalue weighted by molar-refractivity contribution is 6.23. The van der Waals surface area contributed by atoms with Crippen molar-refractivity contribution in [1.82, 2.24) is 10.4 Å². The number of amides is 4. The predicted molar refractivity (Wildman–Crippen MR) is 110 cm³/mol. The van der Waals surface area contributed by atoms with Crippen LogP contribution in [-0.4, -0.2) is 47.3 Å². The molecule has 1 aliphatic rings. The Morgan fingerprint density at radius 3 is 2.41 bits per heavy atom. The van der Waals surface area contributed by atoms with Crippen molar-refractivity contribution < 1.29 is 33.1 Å². The van der Waals surface area contributed by atoms with E-state index in [1.807, 2.05) is 0 Å². The van der Waals surface area contributed by atoms with Crippen LogP contribution in [0.4, 0.5) is 10.1 Å². The standard InChI is InChI=1S/C22H20FN3O6/c1-3-32-22(31)14-7-9-17(10-8-14)25-19(28)12-18(21(25)30)26(13(2)27)24-20(29)15-5-4-6-16(23)11-15/h4-11,18H,3,12H2,1-2H3,(H,24,29). The average Bonchev–Trinajstić information content (AvgIpc) is 3.05. The minimum absolute atomic E-state index is 0.0561. The van der Waals surface area contributed by atoms with Crippen LogP contribution < -0.4 is 10.3 Å². The number of hydrogen-bond donors (Lipinski definition) is 1. The molecule has 0 aliphatic carbocycles. The first kappa shape index (κ1) is 22.6. The van der Waals surface area contributed by atoms with Crippen molar-refractivity contribution in [2.24, 2.45) is 0 Å². The lowest BCUT2D eigenvalue weighted by Gasteiger charge is -2.26. The third-order valence-electron chi connectivity index (χ3n) is 4.72. The van der Waals surface area contributed by atoms with Gasteiger partial charge in [-0.2, -0.15) is 0 Å². The van der Waals surface area contributed by atoms with Gasteiger partial charge in [-0.15, -0.1) is 0 Å². The predicted octanol–water partition coefficient (Wildman–Crippen LogP) is 1.83. The number of esters is 1. The Hall–Kier alpha value is -4.08. The minimum atomic E-state index is -1.28. The molecule has 1 saturated heterocycles. The monoisotopic (exact) mass is 441 g/mol. The minimum Gasteiger partial charge on any atom is -0.462 e. The number of anilines is 1. The Morgan fingerprint density at radius 2 is 1.81 bits per heavy atom. The normalized spacial score (nSPS) is 15.5. The number of nitrogens with one attached hydrogen (secondary N) is 1. The van der Waals surface area contributed by atoms with Gasteiger partial charge in [0, 0.05) is 12.5 Å². The molecule has 32 heavy (non-hydrogen) atoms. The van der Waals surface area contributed by atoms with Crippen LogP contribution in [0.3, 0.4) is 0 Å². The van der Waals surface area contributed by atoms with E-state index in [4.69, 9.17) is 4.74 Å². The van der Waals surface area contributed by atoms with E-state index < -0.39 is 41.5 Å². The fourth-order valence-corrected chi connectivity index (χ4v) is 3.23. The van der Waals surface area contributed by atoms with Gasteiger partial charge >= 0.3 is 5.97 Å². The summed E-state index contributed by atoms with van der Waals surface area (Å²) in [6, 6.07) is 9.18. The van der Waals surface area contributed by atoms with Gasteiger partial charge in [0.15, 0.2) is 0 Å². The van der Waals surface area contributed by atoms with Gasteiger partial charge in [0.25, 0.3) is 11.8 Å². The van der Waals surface area contributed by atoms with Crippen LogP contribution in [0.2, 0.25) is 0 Å². The zero-order valence-electron chi connectivity index (χ0n) is 17.3. The molecule has 4 amide bonds. The van der Waals surface area contributed by atoms with Crippen molar-refractivity contribution in [2.75, 3.05) is 11.5 Å². The molecule has 1 heterocycles. The Kier molecular flexibility index (Phi) is 6.62. The molecule has 1 fully saturated rings. The summed E-state index contributed by atoms with van der Waals surface area (Å²) in [5.41, 5.74) is 2.68. The molecule has 9 nitrogen and oxygen atoms in total.